The number of benzene rings is 1. The van der Waals surface area contributed by atoms with Crippen LogP contribution in [0.1, 0.15) is 42.1 Å². The predicted octanol–water partition coefficient (Wildman–Crippen LogP) is 1.67. The molecular weight excluding hydrogens is 230 g/mol. The van der Waals surface area contributed by atoms with E-state index in [2.05, 4.69) is 5.32 Å². The van der Waals surface area contributed by atoms with Gasteiger partial charge < -0.3 is 15.2 Å². The van der Waals surface area contributed by atoms with E-state index in [9.17, 15) is 9.59 Å². The highest BCUT2D eigenvalue weighted by Crippen LogP contribution is 2.05. The zero-order valence-corrected chi connectivity index (χ0v) is 10.6. The maximum atomic E-state index is 11.8. The third-order valence-electron chi connectivity index (χ3n) is 2.75. The van der Waals surface area contributed by atoms with Crippen LogP contribution in [0.2, 0.25) is 0 Å². The SMILES string of the molecule is CCCCC(C=O)NC(=O)c1ccc(CO)cc1. The predicted molar refractivity (Wildman–Crippen MR) is 69.2 cm³/mol. The van der Waals surface area contributed by atoms with Gasteiger partial charge in [-0.3, -0.25) is 4.79 Å². The molecule has 0 aliphatic heterocycles. The molecule has 1 unspecified atom stereocenters. The van der Waals surface area contributed by atoms with E-state index in [1.807, 2.05) is 6.92 Å². The van der Waals surface area contributed by atoms with E-state index < -0.39 is 6.04 Å². The highest BCUT2D eigenvalue weighted by molar-refractivity contribution is 5.95. The molecule has 1 atom stereocenters. The van der Waals surface area contributed by atoms with Crippen LogP contribution in [0.3, 0.4) is 0 Å². The number of amides is 1. The Morgan fingerprint density at radius 2 is 2.06 bits per heavy atom. The Hall–Kier alpha value is -1.68. The standard InChI is InChI=1S/C14H19NO3/c1-2-3-4-13(10-17)15-14(18)12-7-5-11(9-16)6-8-12/h5-8,10,13,16H,2-4,9H2,1H3,(H,15,18). The van der Waals surface area contributed by atoms with Crippen molar-refractivity contribution in [3.05, 3.63) is 35.4 Å². The lowest BCUT2D eigenvalue weighted by Crippen LogP contribution is -2.35. The Kier molecular flexibility index (Phi) is 6.08. The maximum absolute atomic E-state index is 11.8. The Balaban J connectivity index is 2.59. The Labute approximate surface area is 107 Å². The van der Waals surface area contributed by atoms with Crippen molar-refractivity contribution in [2.75, 3.05) is 0 Å². The van der Waals surface area contributed by atoms with E-state index in [1.165, 1.54) is 0 Å². The van der Waals surface area contributed by atoms with Crippen molar-refractivity contribution in [2.24, 2.45) is 0 Å². The molecule has 0 radical (unpaired) electrons. The molecule has 98 valence electrons. The molecule has 4 nitrogen and oxygen atoms in total. The van der Waals surface area contributed by atoms with Gasteiger partial charge in [-0.05, 0) is 24.1 Å². The summed E-state index contributed by atoms with van der Waals surface area (Å²) < 4.78 is 0. The van der Waals surface area contributed by atoms with Crippen LogP contribution >= 0.6 is 0 Å². The normalized spacial score (nSPS) is 11.9. The molecule has 0 saturated heterocycles. The van der Waals surface area contributed by atoms with Gasteiger partial charge in [0.05, 0.1) is 12.6 Å². The van der Waals surface area contributed by atoms with E-state index in [4.69, 9.17) is 5.11 Å². The van der Waals surface area contributed by atoms with Crippen LogP contribution in [-0.4, -0.2) is 23.3 Å². The maximum Gasteiger partial charge on any atom is 0.251 e. The number of hydrogen-bond acceptors (Lipinski definition) is 3. The van der Waals surface area contributed by atoms with Gasteiger partial charge in [-0.15, -0.1) is 0 Å². The van der Waals surface area contributed by atoms with Crippen molar-refractivity contribution in [3.8, 4) is 0 Å². The summed E-state index contributed by atoms with van der Waals surface area (Å²) in [5.41, 5.74) is 1.25. The van der Waals surface area contributed by atoms with Gasteiger partial charge in [0.2, 0.25) is 0 Å². The third-order valence-corrected chi connectivity index (χ3v) is 2.75. The number of nitrogens with one attached hydrogen (secondary N) is 1. The molecule has 0 saturated carbocycles. The summed E-state index contributed by atoms with van der Waals surface area (Å²) in [7, 11) is 0. The zero-order valence-electron chi connectivity index (χ0n) is 10.6. The molecule has 1 aromatic rings. The van der Waals surface area contributed by atoms with Crippen LogP contribution in [0.4, 0.5) is 0 Å². The Morgan fingerprint density at radius 3 is 2.56 bits per heavy atom. The fraction of sp³-hybridized carbons (Fsp3) is 0.429. The molecule has 0 aromatic heterocycles. The molecule has 0 spiro atoms. The molecule has 18 heavy (non-hydrogen) atoms. The monoisotopic (exact) mass is 249 g/mol. The highest BCUT2D eigenvalue weighted by atomic mass is 16.3. The van der Waals surface area contributed by atoms with Crippen LogP contribution < -0.4 is 5.32 Å². The van der Waals surface area contributed by atoms with Crippen molar-refractivity contribution < 1.29 is 14.7 Å². The molecule has 0 aliphatic carbocycles. The number of rotatable bonds is 7. The molecule has 1 amide bonds. The summed E-state index contributed by atoms with van der Waals surface area (Å²) in [5, 5.41) is 11.6. The number of aliphatic hydroxyl groups is 1. The minimum atomic E-state index is -0.421. The Bertz CT molecular complexity index is 387. The fourth-order valence-electron chi connectivity index (χ4n) is 1.61. The first-order valence-corrected chi connectivity index (χ1v) is 6.17. The van der Waals surface area contributed by atoms with Gasteiger partial charge in [-0.25, -0.2) is 0 Å². The number of carbonyl (C=O) groups excluding carboxylic acids is 2. The molecule has 4 heteroatoms. The summed E-state index contributed by atoms with van der Waals surface area (Å²) in [5.74, 6) is -0.257. The average molecular weight is 249 g/mol. The van der Waals surface area contributed by atoms with Gasteiger partial charge in [0, 0.05) is 5.56 Å². The molecular formula is C14H19NO3. The van der Waals surface area contributed by atoms with Crippen LogP contribution in [0.5, 0.6) is 0 Å². The summed E-state index contributed by atoms with van der Waals surface area (Å²) in [4.78, 5) is 22.7. The molecule has 1 aromatic carbocycles. The van der Waals surface area contributed by atoms with Crippen molar-refractivity contribution >= 4 is 12.2 Å². The van der Waals surface area contributed by atoms with E-state index in [-0.39, 0.29) is 12.5 Å². The lowest BCUT2D eigenvalue weighted by molar-refractivity contribution is -0.109. The van der Waals surface area contributed by atoms with Crippen molar-refractivity contribution in [1.29, 1.82) is 0 Å². The fourth-order valence-corrected chi connectivity index (χ4v) is 1.61. The van der Waals surface area contributed by atoms with Gasteiger partial charge in [0.15, 0.2) is 0 Å². The van der Waals surface area contributed by atoms with E-state index in [0.29, 0.717) is 12.0 Å². The van der Waals surface area contributed by atoms with Gasteiger partial charge in [-0.1, -0.05) is 31.9 Å². The first-order chi connectivity index (χ1) is 8.71. The zero-order chi connectivity index (χ0) is 13.4. The second kappa shape index (κ2) is 7.61. The summed E-state index contributed by atoms with van der Waals surface area (Å²) in [6.07, 6.45) is 3.34. The van der Waals surface area contributed by atoms with Gasteiger partial charge >= 0.3 is 0 Å². The molecule has 1 rings (SSSR count). The van der Waals surface area contributed by atoms with Gasteiger partial charge in [-0.2, -0.15) is 0 Å². The van der Waals surface area contributed by atoms with Gasteiger partial charge in [0.25, 0.3) is 5.91 Å². The second-order valence-electron chi connectivity index (χ2n) is 4.21. The first kappa shape index (κ1) is 14.4. The lowest BCUT2D eigenvalue weighted by atomic mass is 10.1. The van der Waals surface area contributed by atoms with E-state index in [1.54, 1.807) is 24.3 Å². The number of hydrogen-bond donors (Lipinski definition) is 2. The minimum Gasteiger partial charge on any atom is -0.392 e. The van der Waals surface area contributed by atoms with Crippen molar-refractivity contribution in [3.63, 3.8) is 0 Å². The quantitative estimate of drug-likeness (QED) is 0.722. The molecule has 2 N–H and O–H groups in total. The summed E-state index contributed by atoms with van der Waals surface area (Å²) in [6.45, 7) is 1.99. The summed E-state index contributed by atoms with van der Waals surface area (Å²) in [6, 6.07) is 6.24. The first-order valence-electron chi connectivity index (χ1n) is 6.17. The number of unbranched alkanes of at least 4 members (excludes halogenated alkanes) is 1. The van der Waals surface area contributed by atoms with Crippen LogP contribution in [0.15, 0.2) is 24.3 Å². The minimum absolute atomic E-state index is 0.0463. The van der Waals surface area contributed by atoms with E-state index in [0.717, 1.165) is 24.7 Å². The molecule has 0 aliphatic rings. The second-order valence-corrected chi connectivity index (χ2v) is 4.21. The largest absolute Gasteiger partial charge is 0.392 e. The van der Waals surface area contributed by atoms with E-state index >= 15 is 0 Å². The molecule has 0 bridgehead atoms. The van der Waals surface area contributed by atoms with Crippen molar-refractivity contribution in [2.45, 2.75) is 38.8 Å². The lowest BCUT2D eigenvalue weighted by Gasteiger charge is -2.12. The van der Waals surface area contributed by atoms with Crippen LogP contribution in [0.25, 0.3) is 0 Å². The smallest absolute Gasteiger partial charge is 0.251 e. The topological polar surface area (TPSA) is 66.4 Å². The van der Waals surface area contributed by atoms with Crippen molar-refractivity contribution in [1.82, 2.24) is 5.32 Å². The average Bonchev–Trinajstić information content (AvgIpc) is 2.43. The molecule has 0 heterocycles. The highest BCUT2D eigenvalue weighted by Gasteiger charge is 2.12. The summed E-state index contributed by atoms with van der Waals surface area (Å²) >= 11 is 0. The number of aliphatic hydroxyl groups excluding tert-OH is 1. The van der Waals surface area contributed by atoms with Crippen LogP contribution in [-0.2, 0) is 11.4 Å². The van der Waals surface area contributed by atoms with Crippen LogP contribution in [0, 0.1) is 0 Å². The Morgan fingerprint density at radius 1 is 1.39 bits per heavy atom. The number of carbonyl (C=O) groups is 2. The molecule has 0 fully saturated rings. The third kappa shape index (κ3) is 4.30. The number of aldehydes is 1. The van der Waals surface area contributed by atoms with Gasteiger partial charge in [0.1, 0.15) is 6.29 Å².